The Hall–Kier alpha value is -1.57. The lowest BCUT2D eigenvalue weighted by Crippen LogP contribution is -2.18. The summed E-state index contributed by atoms with van der Waals surface area (Å²) in [6.07, 6.45) is 0.147. The Bertz CT molecular complexity index is 672. The molecule has 0 saturated carbocycles. The fraction of sp³-hybridized carbons (Fsp3) is 0.550. The first kappa shape index (κ1) is 16.8. The Morgan fingerprint density at radius 3 is 2.05 bits per heavy atom. The van der Waals surface area contributed by atoms with Gasteiger partial charge in [0.15, 0.2) is 0 Å². The zero-order valence-corrected chi connectivity index (χ0v) is 15.2. The van der Waals surface area contributed by atoms with Crippen molar-refractivity contribution in [2.45, 2.75) is 72.3 Å². The van der Waals surface area contributed by atoms with Crippen LogP contribution in [0.1, 0.15) is 66.6 Å². The van der Waals surface area contributed by atoms with Gasteiger partial charge in [-0.15, -0.1) is 0 Å². The smallest absolute Gasteiger partial charge is 0.142 e. The molecule has 22 heavy (non-hydrogen) atoms. The molecule has 0 spiro atoms. The molecule has 1 heterocycles. The van der Waals surface area contributed by atoms with Crippen LogP contribution in [0.2, 0.25) is 0 Å². The Morgan fingerprint density at radius 1 is 0.909 bits per heavy atom. The fourth-order valence-corrected chi connectivity index (χ4v) is 2.50. The molecule has 0 N–H and O–H groups in total. The summed E-state index contributed by atoms with van der Waals surface area (Å²) in [5, 5.41) is 1.14. The Morgan fingerprint density at radius 2 is 1.55 bits per heavy atom. The summed E-state index contributed by atoms with van der Waals surface area (Å²) in [6, 6.07) is 8.70. The average molecular weight is 299 g/mol. The molecule has 0 fully saturated rings. The number of hydrogen-bond acceptors (Lipinski definition) is 2. The maximum absolute atomic E-state index is 6.01. The molecule has 1 aromatic heterocycles. The van der Waals surface area contributed by atoms with Crippen molar-refractivity contribution in [1.82, 2.24) is 4.98 Å². The first-order valence-electron chi connectivity index (χ1n) is 8.11. The van der Waals surface area contributed by atoms with Gasteiger partial charge < -0.3 is 4.74 Å². The molecule has 1 aromatic carbocycles. The van der Waals surface area contributed by atoms with Crippen molar-refractivity contribution in [2.24, 2.45) is 0 Å². The van der Waals surface area contributed by atoms with Crippen LogP contribution in [0, 0.1) is 0 Å². The summed E-state index contributed by atoms with van der Waals surface area (Å²) < 4.78 is 6.01. The van der Waals surface area contributed by atoms with E-state index in [4.69, 9.17) is 9.72 Å². The molecule has 2 aromatic rings. The van der Waals surface area contributed by atoms with Crippen LogP contribution in [0.25, 0.3) is 10.9 Å². The Labute approximate surface area is 134 Å². The van der Waals surface area contributed by atoms with Gasteiger partial charge in [0.2, 0.25) is 0 Å². The highest BCUT2D eigenvalue weighted by Crippen LogP contribution is 2.34. The van der Waals surface area contributed by atoms with Crippen molar-refractivity contribution in [3.8, 4) is 5.75 Å². The number of rotatable bonds is 2. The number of hydrogen-bond donors (Lipinski definition) is 0. The summed E-state index contributed by atoms with van der Waals surface area (Å²) >= 11 is 0. The number of nitrogens with zero attached hydrogens (tertiary/aromatic N) is 1. The molecular formula is C20H29NO. The molecule has 0 amide bonds. The lowest BCUT2D eigenvalue weighted by atomic mass is 9.86. The van der Waals surface area contributed by atoms with Crippen molar-refractivity contribution < 1.29 is 4.74 Å². The molecule has 2 rings (SSSR count). The molecule has 0 bridgehead atoms. The minimum Gasteiger partial charge on any atom is -0.489 e. The van der Waals surface area contributed by atoms with Crippen LogP contribution in [0.3, 0.4) is 0 Å². The van der Waals surface area contributed by atoms with Gasteiger partial charge in [-0.05, 0) is 37.0 Å². The molecule has 0 aliphatic carbocycles. The molecular weight excluding hydrogens is 270 g/mol. The number of benzene rings is 1. The van der Waals surface area contributed by atoms with Crippen molar-refractivity contribution in [3.05, 3.63) is 35.5 Å². The molecule has 120 valence electrons. The fourth-order valence-electron chi connectivity index (χ4n) is 2.50. The lowest BCUT2D eigenvalue weighted by Gasteiger charge is -2.24. The van der Waals surface area contributed by atoms with Crippen molar-refractivity contribution in [1.29, 1.82) is 0 Å². The minimum atomic E-state index is -0.0455. The van der Waals surface area contributed by atoms with Gasteiger partial charge in [0.1, 0.15) is 5.75 Å². The number of ether oxygens (including phenoxy) is 1. The molecule has 0 unspecified atom stereocenters. The zero-order chi connectivity index (χ0) is 16.7. The van der Waals surface area contributed by atoms with Gasteiger partial charge in [-0.3, -0.25) is 0 Å². The second-order valence-corrected chi connectivity index (χ2v) is 8.41. The van der Waals surface area contributed by atoms with Gasteiger partial charge >= 0.3 is 0 Å². The lowest BCUT2D eigenvalue weighted by molar-refractivity contribution is 0.235. The summed E-state index contributed by atoms with van der Waals surface area (Å²) in [7, 11) is 0. The highest BCUT2D eigenvalue weighted by molar-refractivity contribution is 5.81. The number of fused-ring (bicyclic) bond motifs is 1. The van der Waals surface area contributed by atoms with E-state index >= 15 is 0 Å². The molecule has 0 atom stereocenters. The maximum Gasteiger partial charge on any atom is 0.142 e. The largest absolute Gasteiger partial charge is 0.489 e. The van der Waals surface area contributed by atoms with E-state index in [0.29, 0.717) is 0 Å². The first-order valence-corrected chi connectivity index (χ1v) is 8.11. The van der Waals surface area contributed by atoms with Gasteiger partial charge in [-0.25, -0.2) is 4.98 Å². The Kier molecular flexibility index (Phi) is 4.25. The summed E-state index contributed by atoms with van der Waals surface area (Å²) in [6.45, 7) is 17.4. The van der Waals surface area contributed by atoms with Gasteiger partial charge in [0.25, 0.3) is 0 Å². The Balaban J connectivity index is 2.67. The van der Waals surface area contributed by atoms with Crippen LogP contribution in [0.15, 0.2) is 24.3 Å². The second kappa shape index (κ2) is 5.57. The van der Waals surface area contributed by atoms with Crippen LogP contribution in [-0.2, 0) is 10.8 Å². The van der Waals surface area contributed by atoms with Crippen LogP contribution in [0.5, 0.6) is 5.75 Å². The molecule has 0 radical (unpaired) electrons. The van der Waals surface area contributed by atoms with Crippen molar-refractivity contribution >= 4 is 10.9 Å². The third-order valence-corrected chi connectivity index (χ3v) is 3.72. The molecule has 0 aliphatic heterocycles. The van der Waals surface area contributed by atoms with Gasteiger partial charge in [0, 0.05) is 10.8 Å². The standard InChI is InChI=1S/C20H29NO/c1-13(2)22-17-11-14-9-10-15(19(3,4)5)12-16(14)21-18(17)20(6,7)8/h9-13H,1-8H3. The second-order valence-electron chi connectivity index (χ2n) is 8.41. The summed E-state index contributed by atoms with van der Waals surface area (Å²) in [5.74, 6) is 0.901. The number of aromatic nitrogens is 1. The third kappa shape index (κ3) is 3.60. The van der Waals surface area contributed by atoms with Crippen LogP contribution < -0.4 is 4.74 Å². The predicted molar refractivity (Wildman–Crippen MR) is 94.9 cm³/mol. The average Bonchev–Trinajstić information content (AvgIpc) is 2.34. The normalized spacial score (nSPS) is 13.0. The van der Waals surface area contributed by atoms with Crippen molar-refractivity contribution in [3.63, 3.8) is 0 Å². The molecule has 2 heteroatoms. The van der Waals surface area contributed by atoms with Crippen LogP contribution >= 0.6 is 0 Å². The van der Waals surface area contributed by atoms with Gasteiger partial charge in [0.05, 0.1) is 17.3 Å². The highest BCUT2D eigenvalue weighted by atomic mass is 16.5. The van der Waals surface area contributed by atoms with E-state index in [9.17, 15) is 0 Å². The maximum atomic E-state index is 6.01. The first-order chi connectivity index (χ1) is 9.98. The van der Waals surface area contributed by atoms with Crippen LogP contribution in [-0.4, -0.2) is 11.1 Å². The summed E-state index contributed by atoms with van der Waals surface area (Å²) in [5.41, 5.74) is 3.47. The van der Waals surface area contributed by atoms with Gasteiger partial charge in [-0.2, -0.15) is 0 Å². The predicted octanol–water partition coefficient (Wildman–Crippen LogP) is 5.62. The van der Waals surface area contributed by atoms with E-state index in [-0.39, 0.29) is 16.9 Å². The molecule has 0 saturated heterocycles. The number of pyridine rings is 1. The monoisotopic (exact) mass is 299 g/mol. The molecule has 0 aliphatic rings. The summed E-state index contributed by atoms with van der Waals surface area (Å²) in [4.78, 5) is 4.95. The zero-order valence-electron chi connectivity index (χ0n) is 15.2. The van der Waals surface area contributed by atoms with E-state index in [1.54, 1.807) is 0 Å². The van der Waals surface area contributed by atoms with E-state index in [2.05, 4.69) is 79.7 Å². The van der Waals surface area contributed by atoms with E-state index in [1.165, 1.54) is 5.56 Å². The van der Waals surface area contributed by atoms with E-state index < -0.39 is 0 Å². The minimum absolute atomic E-state index is 0.0455. The quantitative estimate of drug-likeness (QED) is 0.718. The molecule has 2 nitrogen and oxygen atoms in total. The van der Waals surface area contributed by atoms with Gasteiger partial charge in [-0.1, -0.05) is 53.7 Å². The third-order valence-electron chi connectivity index (χ3n) is 3.72. The topological polar surface area (TPSA) is 22.1 Å². The van der Waals surface area contributed by atoms with E-state index in [0.717, 1.165) is 22.3 Å². The SMILES string of the molecule is CC(C)Oc1cc2ccc(C(C)(C)C)cc2nc1C(C)(C)C. The highest BCUT2D eigenvalue weighted by Gasteiger charge is 2.23. The van der Waals surface area contributed by atoms with E-state index in [1.807, 2.05) is 0 Å². The van der Waals surface area contributed by atoms with Crippen molar-refractivity contribution in [2.75, 3.05) is 0 Å². The van der Waals surface area contributed by atoms with Crippen LogP contribution in [0.4, 0.5) is 0 Å².